The number of hydrogen-bond donors (Lipinski definition) is 1. The molecular formula is C17H15F3N2O4S. The number of methoxy groups -OCH3 is 1. The molecule has 0 radical (unpaired) electrons. The highest BCUT2D eigenvalue weighted by atomic mass is 32.2. The van der Waals surface area contributed by atoms with Gasteiger partial charge in [0.05, 0.1) is 28.5 Å². The van der Waals surface area contributed by atoms with E-state index in [2.05, 4.69) is 5.32 Å². The maximum Gasteiger partial charge on any atom is 0.418 e. The second kappa shape index (κ2) is 8.30. The van der Waals surface area contributed by atoms with Crippen molar-refractivity contribution in [1.82, 2.24) is 0 Å². The van der Waals surface area contributed by atoms with Crippen molar-refractivity contribution in [3.8, 4) is 5.75 Å². The highest BCUT2D eigenvalue weighted by Crippen LogP contribution is 2.37. The SMILES string of the molecule is COc1ccc(S[C@H](C)C(=O)Nc2ccc([N+](=O)[O-])cc2C(F)(F)F)cc1. The first-order valence-corrected chi connectivity index (χ1v) is 8.47. The number of amides is 1. The number of ether oxygens (including phenoxy) is 1. The van der Waals surface area contributed by atoms with Crippen LogP contribution in [0.25, 0.3) is 0 Å². The normalized spacial score (nSPS) is 12.3. The highest BCUT2D eigenvalue weighted by Gasteiger charge is 2.36. The van der Waals surface area contributed by atoms with Gasteiger partial charge in [-0.2, -0.15) is 13.2 Å². The van der Waals surface area contributed by atoms with E-state index in [1.54, 1.807) is 31.2 Å². The van der Waals surface area contributed by atoms with Crippen LogP contribution in [0, 0.1) is 10.1 Å². The standard InChI is InChI=1S/C17H15F3N2O4S/c1-10(27-13-6-4-12(26-2)5-7-13)16(23)21-15-8-3-11(22(24)25)9-14(15)17(18,19)20/h3-10H,1-2H3,(H,21,23)/t10-/m1/s1. The Hall–Kier alpha value is -2.75. The first kappa shape index (κ1) is 20.6. The summed E-state index contributed by atoms with van der Waals surface area (Å²) in [5.41, 5.74) is -2.51. The first-order chi connectivity index (χ1) is 12.6. The lowest BCUT2D eigenvalue weighted by Gasteiger charge is -2.16. The van der Waals surface area contributed by atoms with Crippen LogP contribution >= 0.6 is 11.8 Å². The quantitative estimate of drug-likeness (QED) is 0.430. The molecule has 0 heterocycles. The number of alkyl halides is 3. The number of anilines is 1. The van der Waals surface area contributed by atoms with Gasteiger partial charge >= 0.3 is 6.18 Å². The van der Waals surface area contributed by atoms with Gasteiger partial charge in [0.15, 0.2) is 0 Å². The summed E-state index contributed by atoms with van der Waals surface area (Å²) in [4.78, 5) is 22.8. The largest absolute Gasteiger partial charge is 0.497 e. The van der Waals surface area contributed by atoms with Gasteiger partial charge in [0, 0.05) is 17.0 Å². The van der Waals surface area contributed by atoms with Crippen molar-refractivity contribution in [2.45, 2.75) is 23.2 Å². The molecule has 1 amide bonds. The van der Waals surface area contributed by atoms with E-state index >= 15 is 0 Å². The molecule has 0 aliphatic carbocycles. The molecule has 0 saturated heterocycles. The van der Waals surface area contributed by atoms with Gasteiger partial charge in [-0.25, -0.2) is 0 Å². The molecule has 144 valence electrons. The average molecular weight is 400 g/mol. The van der Waals surface area contributed by atoms with Crippen LogP contribution in [0.15, 0.2) is 47.4 Å². The summed E-state index contributed by atoms with van der Waals surface area (Å²) in [5.74, 6) is -0.0210. The van der Waals surface area contributed by atoms with Crippen molar-refractivity contribution in [3.05, 3.63) is 58.1 Å². The first-order valence-electron chi connectivity index (χ1n) is 7.59. The minimum absolute atomic E-state index is 0.400. The molecule has 2 aromatic carbocycles. The smallest absolute Gasteiger partial charge is 0.418 e. The number of non-ortho nitro benzene ring substituents is 1. The molecular weight excluding hydrogens is 385 g/mol. The zero-order valence-corrected chi connectivity index (χ0v) is 15.1. The Bertz CT molecular complexity index is 841. The van der Waals surface area contributed by atoms with E-state index in [0.29, 0.717) is 11.8 Å². The fraction of sp³-hybridized carbons (Fsp3) is 0.235. The lowest BCUT2D eigenvalue weighted by Crippen LogP contribution is -2.24. The van der Waals surface area contributed by atoms with Gasteiger partial charge in [-0.15, -0.1) is 11.8 Å². The zero-order valence-electron chi connectivity index (χ0n) is 14.2. The number of nitrogens with zero attached hydrogens (tertiary/aromatic N) is 1. The second-order valence-corrected chi connectivity index (χ2v) is 6.82. The molecule has 6 nitrogen and oxygen atoms in total. The van der Waals surface area contributed by atoms with Crippen LogP contribution in [0.2, 0.25) is 0 Å². The number of carbonyl (C=O) groups excluding carboxylic acids is 1. The number of rotatable bonds is 6. The van der Waals surface area contributed by atoms with Gasteiger partial charge in [-0.1, -0.05) is 0 Å². The number of nitro groups is 1. The third-order valence-corrected chi connectivity index (χ3v) is 4.63. The van der Waals surface area contributed by atoms with Gasteiger partial charge < -0.3 is 10.1 Å². The van der Waals surface area contributed by atoms with Crippen molar-refractivity contribution in [2.75, 3.05) is 12.4 Å². The number of nitro benzene ring substituents is 1. The third kappa shape index (κ3) is 5.36. The maximum absolute atomic E-state index is 13.2. The number of benzene rings is 2. The zero-order chi connectivity index (χ0) is 20.2. The van der Waals surface area contributed by atoms with Crippen LogP contribution in [-0.4, -0.2) is 23.2 Å². The van der Waals surface area contributed by atoms with Gasteiger partial charge in [0.2, 0.25) is 5.91 Å². The van der Waals surface area contributed by atoms with Crippen LogP contribution in [0.1, 0.15) is 12.5 Å². The van der Waals surface area contributed by atoms with Crippen molar-refractivity contribution in [3.63, 3.8) is 0 Å². The molecule has 27 heavy (non-hydrogen) atoms. The van der Waals surface area contributed by atoms with Crippen LogP contribution < -0.4 is 10.1 Å². The van der Waals surface area contributed by atoms with Gasteiger partial charge in [0.25, 0.3) is 5.69 Å². The van der Waals surface area contributed by atoms with Crippen LogP contribution in [0.4, 0.5) is 24.5 Å². The Kier molecular flexibility index (Phi) is 6.32. The van der Waals surface area contributed by atoms with E-state index in [1.807, 2.05) is 0 Å². The average Bonchev–Trinajstić information content (AvgIpc) is 2.61. The molecule has 0 aliphatic heterocycles. The second-order valence-electron chi connectivity index (χ2n) is 5.41. The Labute approximate surface area is 156 Å². The van der Waals surface area contributed by atoms with Gasteiger partial charge in [0.1, 0.15) is 5.75 Å². The number of nitrogens with one attached hydrogen (secondary N) is 1. The van der Waals surface area contributed by atoms with E-state index in [-0.39, 0.29) is 0 Å². The van der Waals surface area contributed by atoms with Crippen molar-refractivity contribution in [1.29, 1.82) is 0 Å². The molecule has 0 spiro atoms. The fourth-order valence-corrected chi connectivity index (χ4v) is 3.00. The van der Waals surface area contributed by atoms with Crippen molar-refractivity contribution >= 4 is 29.0 Å². The molecule has 2 rings (SSSR count). The minimum Gasteiger partial charge on any atom is -0.497 e. The molecule has 1 atom stereocenters. The Morgan fingerprint density at radius 3 is 2.37 bits per heavy atom. The predicted molar refractivity (Wildman–Crippen MR) is 95.0 cm³/mol. The fourth-order valence-electron chi connectivity index (χ4n) is 2.14. The lowest BCUT2D eigenvalue weighted by molar-refractivity contribution is -0.385. The Morgan fingerprint density at radius 2 is 1.85 bits per heavy atom. The summed E-state index contributed by atoms with van der Waals surface area (Å²) < 4.78 is 44.5. The molecule has 0 bridgehead atoms. The van der Waals surface area contributed by atoms with Crippen LogP contribution in [0.5, 0.6) is 5.75 Å². The summed E-state index contributed by atoms with van der Waals surface area (Å²) in [6.07, 6.45) is -4.85. The molecule has 0 aromatic heterocycles. The summed E-state index contributed by atoms with van der Waals surface area (Å²) in [7, 11) is 1.51. The predicted octanol–water partition coefficient (Wildman–Crippen LogP) is 4.74. The summed E-state index contributed by atoms with van der Waals surface area (Å²) in [6.45, 7) is 1.54. The molecule has 0 unspecified atom stereocenters. The monoisotopic (exact) mass is 400 g/mol. The number of thioether (sulfide) groups is 1. The molecule has 2 aromatic rings. The Morgan fingerprint density at radius 1 is 1.22 bits per heavy atom. The van der Waals surface area contributed by atoms with Crippen molar-refractivity contribution < 1.29 is 27.6 Å². The van der Waals surface area contributed by atoms with Gasteiger partial charge in [-0.3, -0.25) is 14.9 Å². The summed E-state index contributed by atoms with van der Waals surface area (Å²) in [5, 5.41) is 12.2. The molecule has 0 aliphatic rings. The number of hydrogen-bond acceptors (Lipinski definition) is 5. The van der Waals surface area contributed by atoms with Crippen LogP contribution in [-0.2, 0) is 11.0 Å². The van der Waals surface area contributed by atoms with Gasteiger partial charge in [-0.05, 0) is 37.3 Å². The van der Waals surface area contributed by atoms with E-state index in [9.17, 15) is 28.1 Å². The van der Waals surface area contributed by atoms with Crippen LogP contribution in [0.3, 0.4) is 0 Å². The summed E-state index contributed by atoms with van der Waals surface area (Å²) in [6, 6.07) is 9.03. The minimum atomic E-state index is -4.85. The maximum atomic E-state index is 13.2. The number of halogens is 3. The van der Waals surface area contributed by atoms with E-state index in [4.69, 9.17) is 4.74 Å². The lowest BCUT2D eigenvalue weighted by atomic mass is 10.1. The Balaban J connectivity index is 2.17. The topological polar surface area (TPSA) is 81.5 Å². The summed E-state index contributed by atoms with van der Waals surface area (Å²) >= 11 is 1.15. The molecule has 1 N–H and O–H groups in total. The van der Waals surface area contributed by atoms with E-state index < -0.39 is 39.2 Å². The van der Waals surface area contributed by atoms with E-state index in [0.717, 1.165) is 28.8 Å². The van der Waals surface area contributed by atoms with E-state index in [1.165, 1.54) is 7.11 Å². The number of carbonyl (C=O) groups is 1. The molecule has 0 saturated carbocycles. The van der Waals surface area contributed by atoms with Crippen molar-refractivity contribution in [2.24, 2.45) is 0 Å². The molecule has 10 heteroatoms. The molecule has 0 fully saturated rings. The third-order valence-electron chi connectivity index (χ3n) is 3.52. The highest BCUT2D eigenvalue weighted by molar-refractivity contribution is 8.00.